The van der Waals surface area contributed by atoms with Gasteiger partial charge in [0.1, 0.15) is 17.9 Å². The van der Waals surface area contributed by atoms with E-state index in [4.69, 9.17) is 16.6 Å². The van der Waals surface area contributed by atoms with Gasteiger partial charge in [-0.15, -0.1) is 0 Å². The van der Waals surface area contributed by atoms with Gasteiger partial charge in [-0.2, -0.15) is 0 Å². The van der Waals surface area contributed by atoms with Crippen molar-refractivity contribution in [2.24, 2.45) is 4.99 Å². The third kappa shape index (κ3) is 3.75. The molecule has 1 heterocycles. The molecule has 4 rings (SSSR count). The molecule has 27 heavy (non-hydrogen) atoms. The zero-order valence-electron chi connectivity index (χ0n) is 15.5. The van der Waals surface area contributed by atoms with Crippen molar-refractivity contribution >= 4 is 29.1 Å². The van der Waals surface area contributed by atoms with E-state index >= 15 is 0 Å². The molecule has 1 aliphatic heterocycles. The summed E-state index contributed by atoms with van der Waals surface area (Å²) in [4.78, 5) is 32.5. The summed E-state index contributed by atoms with van der Waals surface area (Å²) in [6.45, 7) is 0.0932. The van der Waals surface area contributed by atoms with Crippen molar-refractivity contribution in [3.8, 4) is 0 Å². The molecule has 2 aliphatic carbocycles. The van der Waals surface area contributed by atoms with Crippen LogP contribution in [0.4, 0.5) is 0 Å². The van der Waals surface area contributed by atoms with Gasteiger partial charge in [0.2, 0.25) is 5.91 Å². The number of rotatable bonds is 4. The van der Waals surface area contributed by atoms with E-state index < -0.39 is 5.66 Å². The Labute approximate surface area is 165 Å². The molecule has 1 N–H and O–H groups in total. The van der Waals surface area contributed by atoms with Crippen LogP contribution in [0.3, 0.4) is 0 Å². The minimum Gasteiger partial charge on any atom is -0.352 e. The largest absolute Gasteiger partial charge is 0.352 e. The molecule has 1 aromatic carbocycles. The number of carbonyl (C=O) groups excluding carboxylic acids is 2. The number of hydrogen-bond donors (Lipinski definition) is 1. The normalized spacial score (nSPS) is 22.3. The number of aliphatic imine (C=N–C) groups is 1. The fourth-order valence-corrected chi connectivity index (χ4v) is 4.76. The molecule has 6 heteroatoms. The zero-order chi connectivity index (χ0) is 18.9. The minimum atomic E-state index is -0.558. The molecule has 144 valence electrons. The lowest BCUT2D eigenvalue weighted by molar-refractivity contribution is -0.136. The van der Waals surface area contributed by atoms with Crippen LogP contribution in [0.5, 0.6) is 0 Å². The Morgan fingerprint density at radius 3 is 2.44 bits per heavy atom. The first kappa shape index (κ1) is 18.5. The fraction of sp³-hybridized carbons (Fsp3) is 0.571. The second-order valence-electron chi connectivity index (χ2n) is 7.95. The van der Waals surface area contributed by atoms with Crippen molar-refractivity contribution < 1.29 is 9.59 Å². The van der Waals surface area contributed by atoms with E-state index in [1.54, 1.807) is 17.0 Å². The van der Waals surface area contributed by atoms with E-state index in [9.17, 15) is 9.59 Å². The van der Waals surface area contributed by atoms with Crippen molar-refractivity contribution in [3.63, 3.8) is 0 Å². The van der Waals surface area contributed by atoms with Crippen LogP contribution in [-0.4, -0.2) is 40.7 Å². The van der Waals surface area contributed by atoms with E-state index in [0.717, 1.165) is 50.5 Å². The smallest absolute Gasteiger partial charge is 0.275 e. The van der Waals surface area contributed by atoms with Gasteiger partial charge in [0, 0.05) is 16.6 Å². The van der Waals surface area contributed by atoms with Gasteiger partial charge in [-0.05, 0) is 50.7 Å². The van der Waals surface area contributed by atoms with Crippen molar-refractivity contribution in [2.75, 3.05) is 6.54 Å². The van der Waals surface area contributed by atoms with E-state index in [2.05, 4.69) is 5.32 Å². The highest BCUT2D eigenvalue weighted by molar-refractivity contribution is 6.47. The van der Waals surface area contributed by atoms with E-state index in [0.29, 0.717) is 10.7 Å². The molecule has 0 atom stereocenters. The lowest BCUT2D eigenvalue weighted by atomic mass is 9.88. The first-order valence-corrected chi connectivity index (χ1v) is 10.4. The first-order valence-electron chi connectivity index (χ1n) is 10.0. The summed E-state index contributed by atoms with van der Waals surface area (Å²) in [6, 6.07) is 7.47. The van der Waals surface area contributed by atoms with Crippen LogP contribution in [0, 0.1) is 0 Å². The molecule has 0 saturated heterocycles. The van der Waals surface area contributed by atoms with Gasteiger partial charge >= 0.3 is 0 Å². The highest BCUT2D eigenvalue weighted by Gasteiger charge is 2.48. The number of halogens is 1. The van der Waals surface area contributed by atoms with Crippen LogP contribution in [0.25, 0.3) is 0 Å². The van der Waals surface area contributed by atoms with Crippen LogP contribution in [0.2, 0.25) is 5.02 Å². The van der Waals surface area contributed by atoms with Crippen molar-refractivity contribution in [1.82, 2.24) is 10.2 Å². The quantitative estimate of drug-likeness (QED) is 0.856. The Bertz CT molecular complexity index is 747. The number of nitrogens with zero attached hydrogens (tertiary/aromatic N) is 2. The standard InChI is InChI=1S/C21H26ClN3O2/c22-16-10-8-15(9-11-16)19-20(27)25(21(24-19)12-4-1-5-13-21)14-18(26)23-17-6-2-3-7-17/h8-11,17H,1-7,12-14H2,(H,23,26). The van der Waals surface area contributed by atoms with Crippen LogP contribution in [-0.2, 0) is 9.59 Å². The van der Waals surface area contributed by atoms with E-state index in [1.807, 2.05) is 12.1 Å². The van der Waals surface area contributed by atoms with Gasteiger partial charge in [-0.3, -0.25) is 14.6 Å². The molecule has 0 bridgehead atoms. The van der Waals surface area contributed by atoms with E-state index in [-0.39, 0.29) is 24.4 Å². The summed E-state index contributed by atoms with van der Waals surface area (Å²) in [7, 11) is 0. The van der Waals surface area contributed by atoms with Gasteiger partial charge < -0.3 is 10.2 Å². The average Bonchev–Trinajstić information content (AvgIpc) is 3.26. The number of amides is 2. The molecule has 2 saturated carbocycles. The van der Waals surface area contributed by atoms with Crippen LogP contribution >= 0.6 is 11.6 Å². The molecule has 1 spiro atoms. The highest BCUT2D eigenvalue weighted by atomic mass is 35.5. The second kappa shape index (κ2) is 7.63. The van der Waals surface area contributed by atoms with Gasteiger partial charge in [-0.1, -0.05) is 43.0 Å². The Kier molecular flexibility index (Phi) is 5.22. The van der Waals surface area contributed by atoms with Crippen molar-refractivity contribution in [2.45, 2.75) is 69.5 Å². The number of hydrogen-bond acceptors (Lipinski definition) is 3. The van der Waals surface area contributed by atoms with Crippen LogP contribution in [0.1, 0.15) is 63.4 Å². The number of benzene rings is 1. The van der Waals surface area contributed by atoms with Crippen LogP contribution in [0.15, 0.2) is 29.3 Å². The monoisotopic (exact) mass is 387 g/mol. The number of carbonyl (C=O) groups is 2. The topological polar surface area (TPSA) is 61.8 Å². The Hall–Kier alpha value is -1.88. The summed E-state index contributed by atoms with van der Waals surface area (Å²) < 4.78 is 0. The Morgan fingerprint density at radius 1 is 1.11 bits per heavy atom. The highest BCUT2D eigenvalue weighted by Crippen LogP contribution is 2.39. The summed E-state index contributed by atoms with van der Waals surface area (Å²) in [5.41, 5.74) is 0.674. The van der Waals surface area contributed by atoms with Crippen molar-refractivity contribution in [1.29, 1.82) is 0 Å². The zero-order valence-corrected chi connectivity index (χ0v) is 16.3. The third-order valence-corrected chi connectivity index (χ3v) is 6.32. The lowest BCUT2D eigenvalue weighted by Gasteiger charge is -2.39. The summed E-state index contributed by atoms with van der Waals surface area (Å²) in [5, 5.41) is 3.74. The Balaban J connectivity index is 1.56. The molecule has 0 unspecified atom stereocenters. The summed E-state index contributed by atoms with van der Waals surface area (Å²) in [6.07, 6.45) is 9.29. The molecule has 0 radical (unpaired) electrons. The van der Waals surface area contributed by atoms with Gasteiger partial charge in [0.25, 0.3) is 5.91 Å². The third-order valence-electron chi connectivity index (χ3n) is 6.06. The van der Waals surface area contributed by atoms with Gasteiger partial charge in [-0.25, -0.2) is 0 Å². The van der Waals surface area contributed by atoms with Crippen LogP contribution < -0.4 is 5.32 Å². The molecule has 1 aromatic rings. The minimum absolute atomic E-state index is 0.0623. The first-order chi connectivity index (χ1) is 13.1. The molecule has 5 nitrogen and oxygen atoms in total. The molecule has 2 fully saturated rings. The molecular weight excluding hydrogens is 362 g/mol. The summed E-state index contributed by atoms with van der Waals surface area (Å²) >= 11 is 5.99. The molecule has 2 amide bonds. The van der Waals surface area contributed by atoms with E-state index in [1.165, 1.54) is 12.8 Å². The molecular formula is C21H26ClN3O2. The fourth-order valence-electron chi connectivity index (χ4n) is 4.63. The lowest BCUT2D eigenvalue weighted by Crippen LogP contribution is -2.52. The maximum atomic E-state index is 13.2. The SMILES string of the molecule is O=C(CN1C(=O)C(c2ccc(Cl)cc2)=NC12CCCCC2)NC1CCCC1. The maximum Gasteiger partial charge on any atom is 0.275 e. The second-order valence-corrected chi connectivity index (χ2v) is 8.39. The Morgan fingerprint density at radius 2 is 1.78 bits per heavy atom. The number of nitrogens with one attached hydrogen (secondary N) is 1. The predicted octanol–water partition coefficient (Wildman–Crippen LogP) is 3.69. The molecule has 3 aliphatic rings. The van der Waals surface area contributed by atoms with Gasteiger partial charge in [0.15, 0.2) is 0 Å². The summed E-state index contributed by atoms with van der Waals surface area (Å²) in [5.74, 6) is -0.200. The predicted molar refractivity (Wildman–Crippen MR) is 106 cm³/mol. The average molecular weight is 388 g/mol. The van der Waals surface area contributed by atoms with Gasteiger partial charge in [0.05, 0.1) is 0 Å². The van der Waals surface area contributed by atoms with Crippen molar-refractivity contribution in [3.05, 3.63) is 34.9 Å². The molecule has 0 aromatic heterocycles. The maximum absolute atomic E-state index is 13.2.